The summed E-state index contributed by atoms with van der Waals surface area (Å²) in [6, 6.07) is 5.05. The summed E-state index contributed by atoms with van der Waals surface area (Å²) >= 11 is 6.12. The highest BCUT2D eigenvalue weighted by Crippen LogP contribution is 2.37. The number of halogens is 1. The summed E-state index contributed by atoms with van der Waals surface area (Å²) in [5.74, 6) is -0.418. The van der Waals surface area contributed by atoms with Crippen molar-refractivity contribution in [1.29, 1.82) is 0 Å². The maximum Gasteiger partial charge on any atom is 0.340 e. The second kappa shape index (κ2) is 6.64. The van der Waals surface area contributed by atoms with Crippen molar-refractivity contribution >= 4 is 23.3 Å². The number of hydrogen-bond acceptors (Lipinski definition) is 5. The van der Waals surface area contributed by atoms with Gasteiger partial charge in [-0.3, -0.25) is 0 Å². The van der Waals surface area contributed by atoms with E-state index in [4.69, 9.17) is 31.5 Å². The third kappa shape index (κ3) is 3.67. The first kappa shape index (κ1) is 16.1. The quantitative estimate of drug-likeness (QED) is 0.514. The molecule has 5 nitrogen and oxygen atoms in total. The molecule has 1 heterocycles. The van der Waals surface area contributed by atoms with Crippen molar-refractivity contribution in [1.82, 2.24) is 0 Å². The second-order valence-corrected chi connectivity index (χ2v) is 5.67. The fraction of sp³-hybridized carbons (Fsp3) is 0.533. The minimum absolute atomic E-state index is 0.119. The number of nitrogen functional groups attached to an aromatic ring is 1. The molecule has 0 amide bonds. The molecule has 0 aromatic heterocycles. The molecular weight excluding hydrogens is 294 g/mol. The number of anilines is 1. The largest absolute Gasteiger partial charge is 0.463 e. The summed E-state index contributed by atoms with van der Waals surface area (Å²) in [6.07, 6.45) is 1.07. The first-order valence-corrected chi connectivity index (χ1v) is 7.35. The van der Waals surface area contributed by atoms with Crippen LogP contribution >= 0.6 is 11.6 Å². The SMILES string of the molecule is CCCCOC(=O)C1(C)COC(c2cc(N)ccc2Cl)O1. The van der Waals surface area contributed by atoms with Crippen molar-refractivity contribution < 1.29 is 19.0 Å². The Bertz CT molecular complexity index is 522. The molecule has 1 aliphatic heterocycles. The number of hydrogen-bond donors (Lipinski definition) is 1. The van der Waals surface area contributed by atoms with Crippen LogP contribution in [0.15, 0.2) is 18.2 Å². The predicted octanol–water partition coefficient (Wildman–Crippen LogP) is 3.07. The number of esters is 1. The van der Waals surface area contributed by atoms with Crippen LogP contribution < -0.4 is 5.73 Å². The molecule has 1 aliphatic rings. The lowest BCUT2D eigenvalue weighted by Crippen LogP contribution is -2.39. The average molecular weight is 314 g/mol. The first-order valence-electron chi connectivity index (χ1n) is 6.98. The van der Waals surface area contributed by atoms with Crippen LogP contribution in [0.2, 0.25) is 5.02 Å². The van der Waals surface area contributed by atoms with Crippen LogP contribution in [-0.2, 0) is 19.0 Å². The van der Waals surface area contributed by atoms with Gasteiger partial charge in [0.05, 0.1) is 13.2 Å². The standard InChI is InChI=1S/C15H20ClNO4/c1-3-4-7-19-14(18)15(2)9-20-13(21-15)11-8-10(17)5-6-12(11)16/h5-6,8,13H,3-4,7,9,17H2,1-2H3. The van der Waals surface area contributed by atoms with E-state index < -0.39 is 17.9 Å². The van der Waals surface area contributed by atoms with Gasteiger partial charge in [0.25, 0.3) is 0 Å². The van der Waals surface area contributed by atoms with E-state index in [1.54, 1.807) is 25.1 Å². The number of rotatable bonds is 5. The van der Waals surface area contributed by atoms with Gasteiger partial charge in [0.1, 0.15) is 0 Å². The predicted molar refractivity (Wildman–Crippen MR) is 79.9 cm³/mol. The molecule has 21 heavy (non-hydrogen) atoms. The molecule has 2 N–H and O–H groups in total. The lowest BCUT2D eigenvalue weighted by molar-refractivity contribution is -0.170. The fourth-order valence-electron chi connectivity index (χ4n) is 2.00. The van der Waals surface area contributed by atoms with Gasteiger partial charge >= 0.3 is 5.97 Å². The van der Waals surface area contributed by atoms with Gasteiger partial charge in [0, 0.05) is 16.3 Å². The van der Waals surface area contributed by atoms with Crippen LogP contribution in [0, 0.1) is 0 Å². The summed E-state index contributed by atoms with van der Waals surface area (Å²) < 4.78 is 16.5. The normalized spacial score (nSPS) is 25.0. The van der Waals surface area contributed by atoms with Crippen LogP contribution in [0.5, 0.6) is 0 Å². The highest BCUT2D eigenvalue weighted by Gasteiger charge is 2.46. The number of benzene rings is 1. The molecule has 0 radical (unpaired) electrons. The van der Waals surface area contributed by atoms with Crippen molar-refractivity contribution in [2.45, 2.75) is 38.6 Å². The Hall–Kier alpha value is -1.30. The highest BCUT2D eigenvalue weighted by atomic mass is 35.5. The Labute approximate surface area is 129 Å². The van der Waals surface area contributed by atoms with Crippen molar-refractivity contribution in [2.24, 2.45) is 0 Å². The van der Waals surface area contributed by atoms with E-state index in [9.17, 15) is 4.79 Å². The van der Waals surface area contributed by atoms with Gasteiger partial charge in [-0.25, -0.2) is 4.79 Å². The van der Waals surface area contributed by atoms with E-state index >= 15 is 0 Å². The third-order valence-corrected chi connectivity index (χ3v) is 3.66. The molecule has 0 bridgehead atoms. The van der Waals surface area contributed by atoms with Crippen LogP contribution in [0.4, 0.5) is 5.69 Å². The smallest absolute Gasteiger partial charge is 0.340 e. The van der Waals surface area contributed by atoms with Crippen LogP contribution in [-0.4, -0.2) is 24.8 Å². The van der Waals surface area contributed by atoms with Crippen molar-refractivity contribution in [2.75, 3.05) is 18.9 Å². The molecule has 116 valence electrons. The molecule has 0 spiro atoms. The van der Waals surface area contributed by atoms with Crippen molar-refractivity contribution in [3.63, 3.8) is 0 Å². The summed E-state index contributed by atoms with van der Waals surface area (Å²) in [5.41, 5.74) is 5.79. The Morgan fingerprint density at radius 3 is 3.05 bits per heavy atom. The van der Waals surface area contributed by atoms with Gasteiger partial charge in [0.15, 0.2) is 11.9 Å². The number of carbonyl (C=O) groups is 1. The molecule has 1 aromatic rings. The van der Waals surface area contributed by atoms with Crippen LogP contribution in [0.1, 0.15) is 38.5 Å². The lowest BCUT2D eigenvalue weighted by atomic mass is 10.1. The van der Waals surface area contributed by atoms with Gasteiger partial charge in [-0.1, -0.05) is 24.9 Å². The first-order chi connectivity index (χ1) is 9.96. The van der Waals surface area contributed by atoms with Gasteiger partial charge in [-0.05, 0) is 31.5 Å². The molecular formula is C15H20ClNO4. The van der Waals surface area contributed by atoms with Gasteiger partial charge < -0.3 is 19.9 Å². The molecule has 1 aromatic carbocycles. The Morgan fingerprint density at radius 1 is 1.57 bits per heavy atom. The zero-order valence-electron chi connectivity index (χ0n) is 12.2. The summed E-state index contributed by atoms with van der Waals surface area (Å²) in [5, 5.41) is 0.484. The van der Waals surface area contributed by atoms with E-state index in [1.165, 1.54) is 0 Å². The highest BCUT2D eigenvalue weighted by molar-refractivity contribution is 6.31. The van der Waals surface area contributed by atoms with E-state index in [-0.39, 0.29) is 6.61 Å². The monoisotopic (exact) mass is 313 g/mol. The molecule has 0 saturated carbocycles. The second-order valence-electron chi connectivity index (χ2n) is 5.26. The Morgan fingerprint density at radius 2 is 2.33 bits per heavy atom. The van der Waals surface area contributed by atoms with Gasteiger partial charge in [-0.15, -0.1) is 0 Å². The van der Waals surface area contributed by atoms with Crippen LogP contribution in [0.3, 0.4) is 0 Å². The van der Waals surface area contributed by atoms with E-state index in [1.807, 2.05) is 6.92 Å². The molecule has 1 fully saturated rings. The zero-order chi connectivity index (χ0) is 15.5. The summed E-state index contributed by atoms with van der Waals surface area (Å²) in [6.45, 7) is 4.19. The lowest BCUT2D eigenvalue weighted by Gasteiger charge is -2.20. The Kier molecular flexibility index (Phi) is 5.08. The van der Waals surface area contributed by atoms with E-state index in [0.29, 0.717) is 22.9 Å². The topological polar surface area (TPSA) is 70.8 Å². The Balaban J connectivity index is 2.05. The van der Waals surface area contributed by atoms with Gasteiger partial charge in [0.2, 0.25) is 0 Å². The minimum atomic E-state index is -1.12. The fourth-order valence-corrected chi connectivity index (χ4v) is 2.21. The number of ether oxygens (including phenoxy) is 3. The molecule has 2 atom stereocenters. The zero-order valence-corrected chi connectivity index (χ0v) is 13.0. The minimum Gasteiger partial charge on any atom is -0.463 e. The number of nitrogens with two attached hydrogens (primary N) is 1. The maximum atomic E-state index is 12.1. The number of carbonyl (C=O) groups excluding carboxylic acids is 1. The van der Waals surface area contributed by atoms with Crippen molar-refractivity contribution in [3.8, 4) is 0 Å². The molecule has 2 rings (SSSR count). The molecule has 1 saturated heterocycles. The molecule has 6 heteroatoms. The summed E-state index contributed by atoms with van der Waals surface area (Å²) in [4.78, 5) is 12.1. The van der Waals surface area contributed by atoms with Gasteiger partial charge in [-0.2, -0.15) is 0 Å². The average Bonchev–Trinajstić information content (AvgIpc) is 2.85. The maximum absolute atomic E-state index is 12.1. The van der Waals surface area contributed by atoms with E-state index in [0.717, 1.165) is 12.8 Å². The number of unbranched alkanes of at least 4 members (excludes halogenated alkanes) is 1. The van der Waals surface area contributed by atoms with Crippen molar-refractivity contribution in [3.05, 3.63) is 28.8 Å². The molecule has 2 unspecified atom stereocenters. The molecule has 0 aliphatic carbocycles. The summed E-state index contributed by atoms with van der Waals surface area (Å²) in [7, 11) is 0. The van der Waals surface area contributed by atoms with Crippen LogP contribution in [0.25, 0.3) is 0 Å². The third-order valence-electron chi connectivity index (χ3n) is 3.31. The van der Waals surface area contributed by atoms with E-state index in [2.05, 4.69) is 0 Å².